The molecule has 3 aromatic rings. The smallest absolute Gasteiger partial charge is 0.255 e. The van der Waals surface area contributed by atoms with Crippen molar-refractivity contribution >= 4 is 17.7 Å². The molecule has 0 atom stereocenters. The molecule has 146 valence electrons. The summed E-state index contributed by atoms with van der Waals surface area (Å²) < 4.78 is 10.8. The number of hydrogen-bond acceptors (Lipinski definition) is 6. The van der Waals surface area contributed by atoms with Crippen molar-refractivity contribution < 1.29 is 13.9 Å². The van der Waals surface area contributed by atoms with E-state index in [0.29, 0.717) is 40.8 Å². The first-order valence-electron chi connectivity index (χ1n) is 8.91. The molecule has 0 radical (unpaired) electrons. The van der Waals surface area contributed by atoms with Crippen molar-refractivity contribution in [2.75, 3.05) is 19.9 Å². The number of aromatic nitrogens is 2. The largest absolute Gasteiger partial charge is 0.496 e. The molecule has 1 amide bonds. The quantitative estimate of drug-likeness (QED) is 0.479. The minimum absolute atomic E-state index is 0.181. The number of methoxy groups -OCH3 is 1. The Bertz CT molecular complexity index is 971. The molecule has 0 unspecified atom stereocenters. The van der Waals surface area contributed by atoms with Gasteiger partial charge in [0.15, 0.2) is 11.6 Å². The number of nitrogens with one attached hydrogen (secondary N) is 1. The van der Waals surface area contributed by atoms with Crippen LogP contribution in [0.2, 0.25) is 0 Å². The van der Waals surface area contributed by atoms with Crippen LogP contribution in [0.25, 0.3) is 11.6 Å². The molecule has 0 spiro atoms. The number of furan rings is 1. The second-order valence-electron chi connectivity index (χ2n) is 6.32. The van der Waals surface area contributed by atoms with Crippen LogP contribution >= 0.6 is 11.8 Å². The molecule has 6 nitrogen and oxygen atoms in total. The lowest BCUT2D eigenvalue weighted by molar-refractivity contribution is 0.0949. The van der Waals surface area contributed by atoms with Crippen molar-refractivity contribution in [2.45, 2.75) is 25.3 Å². The summed E-state index contributed by atoms with van der Waals surface area (Å²) in [6.07, 6.45) is 4.14. The van der Waals surface area contributed by atoms with E-state index >= 15 is 0 Å². The van der Waals surface area contributed by atoms with Gasteiger partial charge in [-0.15, -0.1) is 11.8 Å². The fraction of sp³-hybridized carbons (Fsp3) is 0.286. The molecule has 2 heterocycles. The molecule has 1 N–H and O–H groups in total. The van der Waals surface area contributed by atoms with E-state index < -0.39 is 0 Å². The third-order valence-electron chi connectivity index (χ3n) is 4.33. The molecule has 0 aliphatic rings. The van der Waals surface area contributed by atoms with Gasteiger partial charge in [0.2, 0.25) is 0 Å². The van der Waals surface area contributed by atoms with Crippen LogP contribution in [0.1, 0.15) is 27.2 Å². The number of rotatable bonds is 7. The molecule has 0 saturated carbocycles. The molecule has 0 aliphatic carbocycles. The van der Waals surface area contributed by atoms with Crippen LogP contribution in [0, 0.1) is 13.8 Å². The van der Waals surface area contributed by atoms with Gasteiger partial charge in [0.25, 0.3) is 5.91 Å². The Hall–Kier alpha value is -2.80. The van der Waals surface area contributed by atoms with Gasteiger partial charge in [-0.2, -0.15) is 0 Å². The van der Waals surface area contributed by atoms with Crippen LogP contribution in [-0.2, 0) is 6.42 Å². The van der Waals surface area contributed by atoms with Gasteiger partial charge in [0.1, 0.15) is 10.8 Å². The van der Waals surface area contributed by atoms with Crippen molar-refractivity contribution in [1.29, 1.82) is 0 Å². The highest BCUT2D eigenvalue weighted by molar-refractivity contribution is 7.98. The molecule has 28 heavy (non-hydrogen) atoms. The number of ether oxygens (including phenoxy) is 1. The first-order valence-corrected chi connectivity index (χ1v) is 10.1. The van der Waals surface area contributed by atoms with Crippen LogP contribution in [0.3, 0.4) is 0 Å². The number of nitrogens with zero attached hydrogens (tertiary/aromatic N) is 2. The highest BCUT2D eigenvalue weighted by Crippen LogP contribution is 2.25. The molecule has 0 bridgehead atoms. The maximum atomic E-state index is 12.8. The normalized spacial score (nSPS) is 10.7. The van der Waals surface area contributed by atoms with Crippen LogP contribution in [0.15, 0.2) is 46.0 Å². The van der Waals surface area contributed by atoms with Gasteiger partial charge in [0, 0.05) is 6.54 Å². The minimum atomic E-state index is -0.181. The van der Waals surface area contributed by atoms with Gasteiger partial charge < -0.3 is 14.5 Å². The van der Waals surface area contributed by atoms with Gasteiger partial charge in [-0.1, -0.05) is 17.7 Å². The summed E-state index contributed by atoms with van der Waals surface area (Å²) in [5.41, 5.74) is 3.34. The Morgan fingerprint density at radius 2 is 2.07 bits per heavy atom. The van der Waals surface area contributed by atoms with Gasteiger partial charge >= 0.3 is 0 Å². The average molecular weight is 398 g/mol. The summed E-state index contributed by atoms with van der Waals surface area (Å²) >= 11 is 1.41. The maximum Gasteiger partial charge on any atom is 0.255 e. The molecule has 0 fully saturated rings. The second kappa shape index (κ2) is 8.93. The topological polar surface area (TPSA) is 77.2 Å². The van der Waals surface area contributed by atoms with E-state index in [-0.39, 0.29) is 5.91 Å². The molecule has 0 saturated heterocycles. The van der Waals surface area contributed by atoms with Crippen molar-refractivity contribution in [1.82, 2.24) is 15.3 Å². The van der Waals surface area contributed by atoms with Gasteiger partial charge in [-0.25, -0.2) is 9.97 Å². The van der Waals surface area contributed by atoms with Crippen LogP contribution in [0.4, 0.5) is 0 Å². The van der Waals surface area contributed by atoms with E-state index in [1.54, 1.807) is 25.5 Å². The second-order valence-corrected chi connectivity index (χ2v) is 7.11. The summed E-state index contributed by atoms with van der Waals surface area (Å²) in [6, 6.07) is 9.61. The predicted molar refractivity (Wildman–Crippen MR) is 110 cm³/mol. The first kappa shape index (κ1) is 19.9. The predicted octanol–water partition coefficient (Wildman–Crippen LogP) is 4.06. The molecular formula is C21H23N3O3S. The van der Waals surface area contributed by atoms with Crippen LogP contribution < -0.4 is 10.1 Å². The number of carbonyl (C=O) groups is 1. The number of hydrogen-bond donors (Lipinski definition) is 1. The Kier molecular flexibility index (Phi) is 6.36. The average Bonchev–Trinajstić information content (AvgIpc) is 3.22. The Balaban J connectivity index is 1.75. The summed E-state index contributed by atoms with van der Waals surface area (Å²) in [6.45, 7) is 4.34. The zero-order chi connectivity index (χ0) is 20.1. The summed E-state index contributed by atoms with van der Waals surface area (Å²) in [5, 5.41) is 3.61. The maximum absolute atomic E-state index is 12.8. The molecule has 2 aromatic heterocycles. The van der Waals surface area contributed by atoms with E-state index in [4.69, 9.17) is 9.15 Å². The lowest BCUT2D eigenvalue weighted by atomic mass is 10.1. The van der Waals surface area contributed by atoms with Crippen molar-refractivity contribution in [2.24, 2.45) is 0 Å². The fourth-order valence-corrected chi connectivity index (χ4v) is 3.60. The van der Waals surface area contributed by atoms with Crippen molar-refractivity contribution in [3.63, 3.8) is 0 Å². The van der Waals surface area contributed by atoms with E-state index in [0.717, 1.165) is 16.9 Å². The standard InChI is InChI=1S/C21H23N3O3S/c1-13-7-8-16(26-3)15(12-13)9-10-22-20(25)18-14(2)23-19(24-21(18)28-4)17-6-5-11-27-17/h5-8,11-12H,9-10H2,1-4H3,(H,22,25). The lowest BCUT2D eigenvalue weighted by Crippen LogP contribution is -2.28. The molecular weight excluding hydrogens is 374 g/mol. The number of amides is 1. The van der Waals surface area contributed by atoms with Gasteiger partial charge in [0.05, 0.1) is 24.6 Å². The van der Waals surface area contributed by atoms with E-state index in [2.05, 4.69) is 21.4 Å². The Morgan fingerprint density at radius 1 is 1.25 bits per heavy atom. The minimum Gasteiger partial charge on any atom is -0.496 e. The molecule has 0 aliphatic heterocycles. The third kappa shape index (κ3) is 4.36. The first-order chi connectivity index (χ1) is 13.5. The lowest BCUT2D eigenvalue weighted by Gasteiger charge is -2.13. The SMILES string of the molecule is COc1ccc(C)cc1CCNC(=O)c1c(C)nc(-c2ccco2)nc1SC. The summed E-state index contributed by atoms with van der Waals surface area (Å²) in [4.78, 5) is 21.7. The Morgan fingerprint density at radius 3 is 2.75 bits per heavy atom. The third-order valence-corrected chi connectivity index (χ3v) is 5.02. The van der Waals surface area contributed by atoms with Gasteiger partial charge in [-0.3, -0.25) is 4.79 Å². The number of carbonyl (C=O) groups excluding carboxylic acids is 1. The van der Waals surface area contributed by atoms with E-state index in [1.807, 2.05) is 32.2 Å². The van der Waals surface area contributed by atoms with Crippen LogP contribution in [-0.4, -0.2) is 35.8 Å². The highest BCUT2D eigenvalue weighted by Gasteiger charge is 2.19. The fourth-order valence-electron chi connectivity index (χ4n) is 2.97. The number of thioether (sulfide) groups is 1. The monoisotopic (exact) mass is 397 g/mol. The number of aryl methyl sites for hydroxylation is 2. The Labute approximate surface area is 168 Å². The van der Waals surface area contributed by atoms with Crippen molar-refractivity contribution in [3.8, 4) is 17.3 Å². The molecule has 7 heteroatoms. The highest BCUT2D eigenvalue weighted by atomic mass is 32.2. The van der Waals surface area contributed by atoms with Gasteiger partial charge in [-0.05, 0) is 50.3 Å². The summed E-state index contributed by atoms with van der Waals surface area (Å²) in [5.74, 6) is 1.70. The van der Waals surface area contributed by atoms with E-state index in [9.17, 15) is 4.79 Å². The van der Waals surface area contributed by atoms with Crippen LogP contribution in [0.5, 0.6) is 5.75 Å². The zero-order valence-electron chi connectivity index (χ0n) is 16.4. The molecule has 1 aromatic carbocycles. The van der Waals surface area contributed by atoms with Crippen molar-refractivity contribution in [3.05, 3.63) is 59.0 Å². The molecule has 3 rings (SSSR count). The van der Waals surface area contributed by atoms with E-state index in [1.165, 1.54) is 11.8 Å². The summed E-state index contributed by atoms with van der Waals surface area (Å²) in [7, 11) is 1.65. The number of benzene rings is 1. The zero-order valence-corrected chi connectivity index (χ0v) is 17.2.